The first kappa shape index (κ1) is 19.4. The molecule has 7 heteroatoms. The van der Waals surface area contributed by atoms with Gasteiger partial charge in [0, 0.05) is 17.0 Å². The Morgan fingerprint density at radius 3 is 2.81 bits per heavy atom. The third kappa shape index (κ3) is 5.30. The molecule has 1 aromatic carbocycles. The molecule has 0 bridgehead atoms. The van der Waals surface area contributed by atoms with Gasteiger partial charge in [0.2, 0.25) is 11.1 Å². The van der Waals surface area contributed by atoms with Crippen molar-refractivity contribution in [2.45, 2.75) is 25.0 Å². The van der Waals surface area contributed by atoms with Crippen molar-refractivity contribution in [1.29, 1.82) is 0 Å². The zero-order valence-electron chi connectivity index (χ0n) is 15.2. The van der Waals surface area contributed by atoms with E-state index in [-0.39, 0.29) is 5.91 Å². The summed E-state index contributed by atoms with van der Waals surface area (Å²) in [5, 5.41) is 9.77. The maximum atomic E-state index is 12.6. The molecule has 140 valence electrons. The number of nitrogens with zero attached hydrogens (tertiary/aromatic N) is 3. The fourth-order valence-corrected chi connectivity index (χ4v) is 3.98. The molecule has 1 amide bonds. The molecular weight excluding hydrogens is 376 g/mol. The van der Waals surface area contributed by atoms with Crippen molar-refractivity contribution in [2.75, 3.05) is 12.3 Å². The van der Waals surface area contributed by atoms with Gasteiger partial charge >= 0.3 is 0 Å². The molecule has 3 rings (SSSR count). The van der Waals surface area contributed by atoms with E-state index in [1.165, 1.54) is 17.3 Å². The van der Waals surface area contributed by atoms with Crippen LogP contribution in [0, 0.1) is 0 Å². The minimum Gasteiger partial charge on any atom is -0.333 e. The van der Waals surface area contributed by atoms with Crippen molar-refractivity contribution in [2.24, 2.45) is 0 Å². The Hall–Kier alpha value is -2.38. The van der Waals surface area contributed by atoms with Gasteiger partial charge in [0.05, 0.1) is 12.3 Å². The lowest BCUT2D eigenvalue weighted by atomic mass is 10.1. The van der Waals surface area contributed by atoms with Crippen molar-refractivity contribution >= 4 is 29.0 Å². The van der Waals surface area contributed by atoms with E-state index >= 15 is 0 Å². The lowest BCUT2D eigenvalue weighted by Crippen LogP contribution is -2.31. The lowest BCUT2D eigenvalue weighted by Gasteiger charge is -2.19. The molecule has 0 radical (unpaired) electrons. The summed E-state index contributed by atoms with van der Waals surface area (Å²) in [5.74, 6) is 1.06. The normalized spacial score (nSPS) is 10.7. The topological polar surface area (TPSA) is 61.9 Å². The number of aryl methyl sites for hydroxylation is 1. The minimum absolute atomic E-state index is 0.0481. The van der Waals surface area contributed by atoms with E-state index in [0.29, 0.717) is 29.8 Å². The number of carbonyl (C=O) groups is 1. The number of aromatic amines is 1. The quantitative estimate of drug-likeness (QED) is 0.429. The molecule has 3 aromatic rings. The highest BCUT2D eigenvalue weighted by Gasteiger charge is 2.15. The molecule has 0 atom stereocenters. The molecule has 5 nitrogen and oxygen atoms in total. The van der Waals surface area contributed by atoms with Crippen LogP contribution < -0.4 is 0 Å². The van der Waals surface area contributed by atoms with Gasteiger partial charge in [-0.05, 0) is 23.4 Å². The first-order valence-corrected chi connectivity index (χ1v) is 10.6. The van der Waals surface area contributed by atoms with E-state index < -0.39 is 0 Å². The van der Waals surface area contributed by atoms with Crippen LogP contribution in [0.15, 0.2) is 59.6 Å². The zero-order chi connectivity index (χ0) is 19.1. The average molecular weight is 399 g/mol. The van der Waals surface area contributed by atoms with E-state index in [1.54, 1.807) is 22.3 Å². The molecule has 0 fully saturated rings. The summed E-state index contributed by atoms with van der Waals surface area (Å²) in [5.41, 5.74) is 2.27. The number of H-pyrrole nitrogens is 1. The lowest BCUT2D eigenvalue weighted by molar-refractivity contribution is -0.128. The fraction of sp³-hybridized carbons (Fsp3) is 0.250. The number of thioether (sulfide) groups is 1. The highest BCUT2D eigenvalue weighted by atomic mass is 32.2. The van der Waals surface area contributed by atoms with Gasteiger partial charge in [-0.1, -0.05) is 55.1 Å². The Balaban J connectivity index is 1.59. The molecule has 0 aliphatic rings. The van der Waals surface area contributed by atoms with E-state index in [4.69, 9.17) is 0 Å². The van der Waals surface area contributed by atoms with Crippen LogP contribution in [-0.2, 0) is 17.8 Å². The largest absolute Gasteiger partial charge is 0.333 e. The highest BCUT2D eigenvalue weighted by Crippen LogP contribution is 2.21. The SMILES string of the molecule is C=CCN(Cc1cccs1)C(=O)CSc1n[nH]c(-c2ccc(CC)cc2)n1. The van der Waals surface area contributed by atoms with Crippen LogP contribution in [0.4, 0.5) is 0 Å². The second kappa shape index (κ2) is 9.53. The summed E-state index contributed by atoms with van der Waals surface area (Å²) in [6.07, 6.45) is 2.76. The molecule has 0 spiro atoms. The summed E-state index contributed by atoms with van der Waals surface area (Å²) in [6, 6.07) is 12.3. The summed E-state index contributed by atoms with van der Waals surface area (Å²) in [4.78, 5) is 20.0. The molecule has 27 heavy (non-hydrogen) atoms. The maximum Gasteiger partial charge on any atom is 0.233 e. The van der Waals surface area contributed by atoms with Gasteiger partial charge in [0.25, 0.3) is 0 Å². The number of amides is 1. The smallest absolute Gasteiger partial charge is 0.233 e. The number of benzene rings is 1. The van der Waals surface area contributed by atoms with Crippen molar-refractivity contribution in [3.63, 3.8) is 0 Å². The van der Waals surface area contributed by atoms with Gasteiger partial charge in [-0.2, -0.15) is 0 Å². The molecule has 0 aliphatic carbocycles. The number of hydrogen-bond donors (Lipinski definition) is 1. The Kier molecular flexibility index (Phi) is 6.84. The number of aromatic nitrogens is 3. The standard InChI is InChI=1S/C20H22N4OS2/c1-3-11-24(13-17-6-5-12-26-17)18(25)14-27-20-21-19(22-23-20)16-9-7-15(4-2)8-10-16/h3,5-10,12H,1,4,11,13-14H2,2H3,(H,21,22,23). The van der Waals surface area contributed by atoms with E-state index in [2.05, 4.69) is 40.8 Å². The molecule has 2 aromatic heterocycles. The summed E-state index contributed by atoms with van der Waals surface area (Å²) in [6.45, 7) is 7.01. The van der Waals surface area contributed by atoms with E-state index in [0.717, 1.165) is 16.9 Å². The predicted molar refractivity (Wildman–Crippen MR) is 112 cm³/mol. The number of carbonyl (C=O) groups excluding carboxylic acids is 1. The average Bonchev–Trinajstić information content (AvgIpc) is 3.38. The van der Waals surface area contributed by atoms with Gasteiger partial charge in [0.15, 0.2) is 5.82 Å². The van der Waals surface area contributed by atoms with Gasteiger partial charge < -0.3 is 4.90 Å². The van der Waals surface area contributed by atoms with Crippen molar-refractivity contribution in [1.82, 2.24) is 20.1 Å². The summed E-state index contributed by atoms with van der Waals surface area (Å²) < 4.78 is 0. The van der Waals surface area contributed by atoms with E-state index in [1.807, 2.05) is 29.6 Å². The molecule has 2 heterocycles. The number of rotatable bonds is 9. The summed E-state index contributed by atoms with van der Waals surface area (Å²) in [7, 11) is 0. The first-order chi connectivity index (χ1) is 13.2. The Bertz CT molecular complexity index is 872. The molecule has 0 unspecified atom stereocenters. The Morgan fingerprint density at radius 1 is 1.33 bits per heavy atom. The van der Waals surface area contributed by atoms with Gasteiger partial charge in [-0.3, -0.25) is 9.89 Å². The molecule has 0 aliphatic heterocycles. The molecule has 1 N–H and O–H groups in total. The van der Waals surface area contributed by atoms with Crippen LogP contribution in [0.25, 0.3) is 11.4 Å². The maximum absolute atomic E-state index is 12.6. The summed E-state index contributed by atoms with van der Waals surface area (Å²) >= 11 is 2.99. The Morgan fingerprint density at radius 2 is 2.15 bits per heavy atom. The second-order valence-electron chi connectivity index (χ2n) is 5.95. The number of hydrogen-bond acceptors (Lipinski definition) is 5. The number of thiophene rings is 1. The fourth-order valence-electron chi connectivity index (χ4n) is 2.56. The third-order valence-electron chi connectivity index (χ3n) is 4.05. The molecule has 0 saturated carbocycles. The van der Waals surface area contributed by atoms with E-state index in [9.17, 15) is 4.79 Å². The van der Waals surface area contributed by atoms with Crippen LogP contribution in [-0.4, -0.2) is 38.3 Å². The predicted octanol–water partition coefficient (Wildman–Crippen LogP) is 4.40. The van der Waals surface area contributed by atoms with Gasteiger partial charge in [-0.25, -0.2) is 4.98 Å². The van der Waals surface area contributed by atoms with Crippen LogP contribution in [0.3, 0.4) is 0 Å². The third-order valence-corrected chi connectivity index (χ3v) is 5.75. The first-order valence-electron chi connectivity index (χ1n) is 8.75. The minimum atomic E-state index is 0.0481. The van der Waals surface area contributed by atoms with Crippen molar-refractivity contribution in [3.05, 3.63) is 64.9 Å². The molecular formula is C20H22N4OS2. The zero-order valence-corrected chi connectivity index (χ0v) is 16.9. The molecule has 0 saturated heterocycles. The van der Waals surface area contributed by atoms with Gasteiger partial charge in [-0.15, -0.1) is 23.0 Å². The highest BCUT2D eigenvalue weighted by molar-refractivity contribution is 7.99. The van der Waals surface area contributed by atoms with Gasteiger partial charge in [0.1, 0.15) is 0 Å². The second-order valence-corrected chi connectivity index (χ2v) is 7.92. The monoisotopic (exact) mass is 398 g/mol. The van der Waals surface area contributed by atoms with Crippen LogP contribution in [0.2, 0.25) is 0 Å². The van der Waals surface area contributed by atoms with Crippen LogP contribution in [0.1, 0.15) is 17.4 Å². The van der Waals surface area contributed by atoms with Crippen LogP contribution >= 0.6 is 23.1 Å². The van der Waals surface area contributed by atoms with Crippen molar-refractivity contribution < 1.29 is 4.79 Å². The number of nitrogens with one attached hydrogen (secondary N) is 1. The Labute approximate surface area is 167 Å². The van der Waals surface area contributed by atoms with Crippen molar-refractivity contribution in [3.8, 4) is 11.4 Å². The van der Waals surface area contributed by atoms with Crippen LogP contribution in [0.5, 0.6) is 0 Å².